The van der Waals surface area contributed by atoms with Gasteiger partial charge >= 0.3 is 0 Å². The van der Waals surface area contributed by atoms with Gasteiger partial charge in [-0.05, 0) is 13.1 Å². The van der Waals surface area contributed by atoms with Crippen LogP contribution in [-0.2, 0) is 4.74 Å². The third kappa shape index (κ3) is 10.1. The summed E-state index contributed by atoms with van der Waals surface area (Å²) in [5, 5.41) is 6.72. The van der Waals surface area contributed by atoms with E-state index in [9.17, 15) is 0 Å². The van der Waals surface area contributed by atoms with Crippen LogP contribution in [0.3, 0.4) is 0 Å². The molecule has 0 unspecified atom stereocenters. The maximum atomic E-state index is 4.94. The number of hydrogen-bond donors (Lipinski definition) is 2. The second-order valence-electron chi connectivity index (χ2n) is 3.52. The minimum Gasteiger partial charge on any atom is -0.383 e. The summed E-state index contributed by atoms with van der Waals surface area (Å²) in [6.45, 7) is 12.7. The lowest BCUT2D eigenvalue weighted by molar-refractivity contribution is 0.199. The highest BCUT2D eigenvalue weighted by atomic mass is 16.5. The molecule has 92 valence electrons. The van der Waals surface area contributed by atoms with Crippen LogP contribution in [0.25, 0.3) is 0 Å². The van der Waals surface area contributed by atoms with Gasteiger partial charge in [0.25, 0.3) is 0 Å². The number of nitrogens with one attached hydrogen (secondary N) is 2. The molecule has 15 heavy (non-hydrogen) atoms. The zero-order chi connectivity index (χ0) is 11.4. The summed E-state index contributed by atoms with van der Waals surface area (Å²) in [5.74, 6) is 0. The third-order valence-corrected chi connectivity index (χ3v) is 2.46. The van der Waals surface area contributed by atoms with Gasteiger partial charge in [-0.15, -0.1) is 0 Å². The summed E-state index contributed by atoms with van der Waals surface area (Å²) >= 11 is 0. The van der Waals surface area contributed by atoms with Gasteiger partial charge in [-0.3, -0.25) is 0 Å². The molecule has 0 atom stereocenters. The molecule has 0 aliphatic rings. The smallest absolute Gasteiger partial charge is 0.0587 e. The highest BCUT2D eigenvalue weighted by Gasteiger charge is 1.96. The Balaban J connectivity index is 3.04. The van der Waals surface area contributed by atoms with Crippen molar-refractivity contribution in [3.8, 4) is 0 Å². The second kappa shape index (κ2) is 11.9. The first-order valence-corrected chi connectivity index (χ1v) is 5.97. The molecule has 0 amide bonds. The highest BCUT2D eigenvalue weighted by molar-refractivity contribution is 4.57. The van der Waals surface area contributed by atoms with Crippen LogP contribution in [0, 0.1) is 0 Å². The van der Waals surface area contributed by atoms with Crippen molar-refractivity contribution in [1.29, 1.82) is 0 Å². The van der Waals surface area contributed by atoms with Crippen LogP contribution in [0.2, 0.25) is 0 Å². The number of hydrogen-bond acceptors (Lipinski definition) is 4. The first-order chi connectivity index (χ1) is 7.35. The summed E-state index contributed by atoms with van der Waals surface area (Å²) in [7, 11) is 1.73. The number of ether oxygens (including phenoxy) is 1. The number of methoxy groups -OCH3 is 1. The first kappa shape index (κ1) is 14.8. The van der Waals surface area contributed by atoms with Gasteiger partial charge in [0.2, 0.25) is 0 Å². The Hall–Kier alpha value is -0.160. The average Bonchev–Trinajstić information content (AvgIpc) is 2.27. The maximum absolute atomic E-state index is 4.94. The van der Waals surface area contributed by atoms with E-state index in [-0.39, 0.29) is 0 Å². The number of rotatable bonds is 11. The molecule has 0 heterocycles. The lowest BCUT2D eigenvalue weighted by atomic mass is 10.4. The maximum Gasteiger partial charge on any atom is 0.0587 e. The van der Waals surface area contributed by atoms with E-state index in [1.54, 1.807) is 7.11 Å². The van der Waals surface area contributed by atoms with Gasteiger partial charge in [0.1, 0.15) is 0 Å². The number of likely N-dealkylation sites (N-methyl/N-ethyl adjacent to an activating group) is 1. The van der Waals surface area contributed by atoms with E-state index in [1.807, 2.05) is 0 Å². The highest BCUT2D eigenvalue weighted by Crippen LogP contribution is 1.83. The molecule has 0 fully saturated rings. The Morgan fingerprint density at radius 3 is 2.07 bits per heavy atom. The molecule has 0 aliphatic heterocycles. The van der Waals surface area contributed by atoms with Crippen molar-refractivity contribution in [1.82, 2.24) is 15.5 Å². The zero-order valence-electron chi connectivity index (χ0n) is 10.5. The van der Waals surface area contributed by atoms with Crippen LogP contribution < -0.4 is 10.6 Å². The van der Waals surface area contributed by atoms with Crippen LogP contribution in [0.15, 0.2) is 0 Å². The largest absolute Gasteiger partial charge is 0.383 e. The van der Waals surface area contributed by atoms with Gasteiger partial charge in [-0.1, -0.05) is 13.8 Å². The van der Waals surface area contributed by atoms with E-state index < -0.39 is 0 Å². The Bertz CT molecular complexity index is 118. The monoisotopic (exact) mass is 217 g/mol. The van der Waals surface area contributed by atoms with E-state index in [1.165, 1.54) is 0 Å². The zero-order valence-corrected chi connectivity index (χ0v) is 10.5. The molecule has 0 saturated carbocycles. The van der Waals surface area contributed by atoms with Gasteiger partial charge < -0.3 is 20.3 Å². The van der Waals surface area contributed by atoms with Crippen LogP contribution in [0.5, 0.6) is 0 Å². The van der Waals surface area contributed by atoms with E-state index in [0.29, 0.717) is 0 Å². The van der Waals surface area contributed by atoms with E-state index in [2.05, 4.69) is 29.4 Å². The lowest BCUT2D eigenvalue weighted by Gasteiger charge is -2.17. The molecule has 4 heteroatoms. The van der Waals surface area contributed by atoms with Crippen LogP contribution >= 0.6 is 0 Å². The van der Waals surface area contributed by atoms with Gasteiger partial charge in [0, 0.05) is 39.8 Å². The number of nitrogens with zero attached hydrogens (tertiary/aromatic N) is 1. The molecular weight excluding hydrogens is 190 g/mol. The van der Waals surface area contributed by atoms with Crippen molar-refractivity contribution in [2.45, 2.75) is 13.8 Å². The molecule has 0 aromatic heterocycles. The summed E-state index contributed by atoms with van der Waals surface area (Å²) in [5.41, 5.74) is 0. The molecular formula is C11H27N3O. The minimum atomic E-state index is 0.791. The summed E-state index contributed by atoms with van der Waals surface area (Å²) in [4.78, 5) is 2.42. The summed E-state index contributed by atoms with van der Waals surface area (Å²) in [6.07, 6.45) is 0. The molecule has 0 radical (unpaired) electrons. The van der Waals surface area contributed by atoms with E-state index in [0.717, 1.165) is 52.4 Å². The second-order valence-corrected chi connectivity index (χ2v) is 3.52. The fourth-order valence-corrected chi connectivity index (χ4v) is 1.38. The van der Waals surface area contributed by atoms with Gasteiger partial charge in [-0.2, -0.15) is 0 Å². The Labute approximate surface area is 94.4 Å². The molecule has 0 saturated heterocycles. The Morgan fingerprint density at radius 1 is 0.933 bits per heavy atom. The predicted octanol–water partition coefficient (Wildman–Crippen LogP) is 0.154. The molecule has 0 spiro atoms. The van der Waals surface area contributed by atoms with Crippen molar-refractivity contribution in [3.05, 3.63) is 0 Å². The van der Waals surface area contributed by atoms with Crippen LogP contribution in [0.4, 0.5) is 0 Å². The van der Waals surface area contributed by atoms with Gasteiger partial charge in [-0.25, -0.2) is 0 Å². The minimum absolute atomic E-state index is 0.791. The molecule has 0 bridgehead atoms. The summed E-state index contributed by atoms with van der Waals surface area (Å²) < 4.78 is 4.94. The van der Waals surface area contributed by atoms with Gasteiger partial charge in [0.05, 0.1) is 6.61 Å². The van der Waals surface area contributed by atoms with Crippen molar-refractivity contribution in [2.24, 2.45) is 0 Å². The third-order valence-electron chi connectivity index (χ3n) is 2.46. The lowest BCUT2D eigenvalue weighted by Crippen LogP contribution is -2.35. The fourth-order valence-electron chi connectivity index (χ4n) is 1.38. The van der Waals surface area contributed by atoms with Crippen molar-refractivity contribution >= 4 is 0 Å². The summed E-state index contributed by atoms with van der Waals surface area (Å²) in [6, 6.07) is 0. The normalized spacial score (nSPS) is 11.2. The van der Waals surface area contributed by atoms with Crippen molar-refractivity contribution in [3.63, 3.8) is 0 Å². The van der Waals surface area contributed by atoms with Crippen LogP contribution in [0.1, 0.15) is 13.8 Å². The molecule has 4 nitrogen and oxygen atoms in total. The molecule has 0 aliphatic carbocycles. The van der Waals surface area contributed by atoms with Crippen LogP contribution in [-0.4, -0.2) is 64.4 Å². The first-order valence-electron chi connectivity index (χ1n) is 5.97. The molecule has 0 rings (SSSR count). The van der Waals surface area contributed by atoms with Gasteiger partial charge in [0.15, 0.2) is 0 Å². The topological polar surface area (TPSA) is 36.5 Å². The average molecular weight is 217 g/mol. The molecule has 2 N–H and O–H groups in total. The fraction of sp³-hybridized carbons (Fsp3) is 1.00. The molecule has 0 aromatic carbocycles. The quantitative estimate of drug-likeness (QED) is 0.483. The SMILES string of the molecule is CCN(CC)CCNCCNCCOC. The predicted molar refractivity (Wildman–Crippen MR) is 65.4 cm³/mol. The van der Waals surface area contributed by atoms with Crippen molar-refractivity contribution < 1.29 is 4.74 Å². The van der Waals surface area contributed by atoms with E-state index in [4.69, 9.17) is 4.74 Å². The standard InChI is InChI=1S/C11H27N3O/c1-4-14(5-2)10-8-12-6-7-13-9-11-15-3/h12-13H,4-11H2,1-3H3. The Morgan fingerprint density at radius 2 is 1.53 bits per heavy atom. The van der Waals surface area contributed by atoms with Crippen molar-refractivity contribution in [2.75, 3.05) is 59.5 Å². The van der Waals surface area contributed by atoms with E-state index >= 15 is 0 Å². The molecule has 0 aromatic rings. The Kier molecular flexibility index (Phi) is 11.8.